The molecular weight excluding hydrogens is 281 g/mol. The number of aromatic amines is 1. The number of hydrogen-bond acceptors (Lipinski definition) is 2. The van der Waals surface area contributed by atoms with Crippen molar-refractivity contribution in [2.24, 2.45) is 4.99 Å². The largest absolute Gasteiger partial charge is 0.294 e. The third-order valence-electron chi connectivity index (χ3n) is 3.48. The Morgan fingerprint density at radius 1 is 1.23 bits per heavy atom. The van der Waals surface area contributed by atoms with Gasteiger partial charge >= 0.3 is 0 Å². The molecule has 2 aromatic rings. The first-order chi connectivity index (χ1) is 10.6. The van der Waals surface area contributed by atoms with E-state index in [0.29, 0.717) is 17.8 Å². The average molecular weight is 303 g/mol. The average Bonchev–Trinajstić information content (AvgIpc) is 2.83. The minimum absolute atomic E-state index is 0.132. The monoisotopic (exact) mass is 303 g/mol. The predicted molar refractivity (Wildman–Crippen MR) is 87.7 cm³/mol. The van der Waals surface area contributed by atoms with Gasteiger partial charge in [0, 0.05) is 18.0 Å². The van der Waals surface area contributed by atoms with Crippen LogP contribution in [0.5, 0.6) is 0 Å². The van der Waals surface area contributed by atoms with Crippen molar-refractivity contribution >= 4 is 5.71 Å². The highest BCUT2D eigenvalue weighted by molar-refractivity contribution is 5.99. The van der Waals surface area contributed by atoms with Gasteiger partial charge in [-0.25, -0.2) is 9.07 Å². The molecule has 0 bridgehead atoms. The molecule has 1 aromatic carbocycles. The molecule has 0 amide bonds. The lowest BCUT2D eigenvalue weighted by atomic mass is 10.1. The molecule has 0 unspecified atom stereocenters. The van der Waals surface area contributed by atoms with E-state index >= 15 is 0 Å². The molecule has 0 saturated heterocycles. The summed E-state index contributed by atoms with van der Waals surface area (Å²) in [6.07, 6.45) is 2.65. The van der Waals surface area contributed by atoms with E-state index in [0.717, 1.165) is 30.7 Å². The van der Waals surface area contributed by atoms with E-state index in [2.05, 4.69) is 23.9 Å². The Balaban J connectivity index is 2.54. The van der Waals surface area contributed by atoms with Crippen molar-refractivity contribution in [1.82, 2.24) is 9.78 Å². The molecule has 0 aliphatic carbocycles. The first kappa shape index (κ1) is 16.2. The zero-order valence-electron chi connectivity index (χ0n) is 13.3. The molecule has 4 nitrogen and oxygen atoms in total. The van der Waals surface area contributed by atoms with E-state index in [-0.39, 0.29) is 11.4 Å². The number of aryl methyl sites for hydroxylation is 1. The smallest absolute Gasteiger partial charge is 0.280 e. The molecule has 1 N–H and O–H groups in total. The first-order valence-electron chi connectivity index (χ1n) is 7.69. The predicted octanol–water partition coefficient (Wildman–Crippen LogP) is 3.48. The van der Waals surface area contributed by atoms with Crippen LogP contribution in [0.2, 0.25) is 0 Å². The van der Waals surface area contributed by atoms with Gasteiger partial charge in [0.15, 0.2) is 0 Å². The summed E-state index contributed by atoms with van der Waals surface area (Å²) in [7, 11) is 0. The topological polar surface area (TPSA) is 50.1 Å². The Morgan fingerprint density at radius 2 is 1.91 bits per heavy atom. The van der Waals surface area contributed by atoms with Crippen LogP contribution in [0.4, 0.5) is 4.39 Å². The number of benzene rings is 1. The number of halogens is 1. The minimum atomic E-state index is -0.321. The molecule has 1 aromatic heterocycles. The fourth-order valence-electron chi connectivity index (χ4n) is 2.42. The summed E-state index contributed by atoms with van der Waals surface area (Å²) < 4.78 is 14.5. The zero-order chi connectivity index (χ0) is 16.1. The highest BCUT2D eigenvalue weighted by Crippen LogP contribution is 2.12. The molecule has 5 heteroatoms. The van der Waals surface area contributed by atoms with Gasteiger partial charge < -0.3 is 0 Å². The van der Waals surface area contributed by atoms with E-state index in [1.165, 1.54) is 16.8 Å². The molecule has 0 spiro atoms. The van der Waals surface area contributed by atoms with Crippen LogP contribution in [0.3, 0.4) is 0 Å². The van der Waals surface area contributed by atoms with E-state index in [1.807, 2.05) is 6.92 Å². The van der Waals surface area contributed by atoms with Gasteiger partial charge in [0.25, 0.3) is 5.56 Å². The normalized spacial score (nSPS) is 11.9. The molecule has 118 valence electrons. The second-order valence-electron chi connectivity index (χ2n) is 5.30. The van der Waals surface area contributed by atoms with Gasteiger partial charge in [-0.3, -0.25) is 14.9 Å². The lowest BCUT2D eigenvalue weighted by Crippen LogP contribution is -2.20. The number of nitrogens with one attached hydrogen (secondary N) is 1. The van der Waals surface area contributed by atoms with Gasteiger partial charge in [0.2, 0.25) is 0 Å². The van der Waals surface area contributed by atoms with Crippen LogP contribution >= 0.6 is 0 Å². The van der Waals surface area contributed by atoms with Crippen molar-refractivity contribution in [3.05, 3.63) is 51.7 Å². The summed E-state index contributed by atoms with van der Waals surface area (Å²) in [5.41, 5.74) is 2.77. The summed E-state index contributed by atoms with van der Waals surface area (Å²) in [5, 5.41) is 3.14. The zero-order valence-corrected chi connectivity index (χ0v) is 13.3. The molecule has 1 heterocycles. The number of hydrogen-bond donors (Lipinski definition) is 1. The Labute approximate surface area is 129 Å². The molecule has 22 heavy (non-hydrogen) atoms. The van der Waals surface area contributed by atoms with Crippen LogP contribution in [-0.2, 0) is 6.42 Å². The Hall–Kier alpha value is -2.17. The van der Waals surface area contributed by atoms with Crippen LogP contribution < -0.4 is 5.56 Å². The lowest BCUT2D eigenvalue weighted by Gasteiger charge is -2.01. The molecule has 2 rings (SSSR count). The van der Waals surface area contributed by atoms with Gasteiger partial charge in [-0.05, 0) is 44.0 Å². The van der Waals surface area contributed by atoms with Gasteiger partial charge in [0.1, 0.15) is 5.82 Å². The fourth-order valence-corrected chi connectivity index (χ4v) is 2.42. The maximum Gasteiger partial charge on any atom is 0.280 e. The van der Waals surface area contributed by atoms with Crippen LogP contribution in [0.1, 0.15) is 44.9 Å². The van der Waals surface area contributed by atoms with Crippen molar-refractivity contribution in [3.63, 3.8) is 0 Å². The SMILES string of the molecule is CCCN=C(C)c1c(CCC)[nH]n(-c2ccc(F)cc2)c1=O. The summed E-state index contributed by atoms with van der Waals surface area (Å²) >= 11 is 0. The summed E-state index contributed by atoms with van der Waals surface area (Å²) in [6, 6.07) is 5.87. The molecule has 0 saturated carbocycles. The van der Waals surface area contributed by atoms with E-state index in [4.69, 9.17) is 0 Å². The number of rotatable bonds is 6. The number of H-pyrrole nitrogens is 1. The standard InChI is InChI=1S/C17H22FN3O/c1-4-6-15-16(12(3)19-11-5-2)17(22)21(20-15)14-9-7-13(18)8-10-14/h7-10,20H,4-6,11H2,1-3H3. The Morgan fingerprint density at radius 3 is 2.50 bits per heavy atom. The minimum Gasteiger partial charge on any atom is -0.294 e. The Kier molecular flexibility index (Phi) is 5.31. The van der Waals surface area contributed by atoms with E-state index in [9.17, 15) is 9.18 Å². The maximum absolute atomic E-state index is 13.1. The quantitative estimate of drug-likeness (QED) is 0.816. The van der Waals surface area contributed by atoms with Gasteiger partial charge in [0.05, 0.1) is 11.3 Å². The van der Waals surface area contributed by atoms with Crippen molar-refractivity contribution in [3.8, 4) is 5.69 Å². The van der Waals surface area contributed by atoms with Crippen LogP contribution in [0.25, 0.3) is 5.69 Å². The molecule has 0 fully saturated rings. The van der Waals surface area contributed by atoms with Gasteiger partial charge in [-0.15, -0.1) is 0 Å². The highest BCUT2D eigenvalue weighted by Gasteiger charge is 2.17. The van der Waals surface area contributed by atoms with E-state index < -0.39 is 0 Å². The third kappa shape index (κ3) is 3.35. The number of aromatic nitrogens is 2. The van der Waals surface area contributed by atoms with Crippen molar-refractivity contribution in [1.29, 1.82) is 0 Å². The molecular formula is C17H22FN3O. The molecule has 0 aliphatic rings. The van der Waals surface area contributed by atoms with Crippen LogP contribution in [-0.4, -0.2) is 22.0 Å². The summed E-state index contributed by atoms with van der Waals surface area (Å²) in [5.74, 6) is -0.321. The van der Waals surface area contributed by atoms with Gasteiger partial charge in [-0.1, -0.05) is 20.3 Å². The van der Waals surface area contributed by atoms with Crippen LogP contribution in [0.15, 0.2) is 34.1 Å². The third-order valence-corrected chi connectivity index (χ3v) is 3.48. The summed E-state index contributed by atoms with van der Waals surface area (Å²) in [4.78, 5) is 17.2. The number of aliphatic imine (C=N–C) groups is 1. The highest BCUT2D eigenvalue weighted by atomic mass is 19.1. The number of nitrogens with zero attached hydrogens (tertiary/aromatic N) is 2. The molecule has 0 radical (unpaired) electrons. The Bertz CT molecular complexity index is 710. The second kappa shape index (κ2) is 7.20. The molecule has 0 atom stereocenters. The van der Waals surface area contributed by atoms with Crippen molar-refractivity contribution < 1.29 is 4.39 Å². The first-order valence-corrected chi connectivity index (χ1v) is 7.69. The van der Waals surface area contributed by atoms with E-state index in [1.54, 1.807) is 12.1 Å². The second-order valence-corrected chi connectivity index (χ2v) is 5.30. The van der Waals surface area contributed by atoms with Crippen molar-refractivity contribution in [2.45, 2.75) is 40.0 Å². The van der Waals surface area contributed by atoms with Crippen LogP contribution in [0, 0.1) is 5.82 Å². The van der Waals surface area contributed by atoms with Gasteiger partial charge in [-0.2, -0.15) is 0 Å². The van der Waals surface area contributed by atoms with Crippen molar-refractivity contribution in [2.75, 3.05) is 6.54 Å². The summed E-state index contributed by atoms with van der Waals surface area (Å²) in [6.45, 7) is 6.69. The lowest BCUT2D eigenvalue weighted by molar-refractivity contribution is 0.626. The molecule has 0 aliphatic heterocycles. The maximum atomic E-state index is 13.1. The fraction of sp³-hybridized carbons (Fsp3) is 0.412.